The van der Waals surface area contributed by atoms with Crippen molar-refractivity contribution in [2.75, 3.05) is 54.1 Å². The van der Waals surface area contributed by atoms with Gasteiger partial charge >= 0.3 is 0 Å². The fourth-order valence-electron chi connectivity index (χ4n) is 3.18. The summed E-state index contributed by atoms with van der Waals surface area (Å²) >= 11 is 0. The summed E-state index contributed by atoms with van der Waals surface area (Å²) in [6.45, 7) is 6.51. The van der Waals surface area contributed by atoms with Crippen LogP contribution in [0, 0.1) is 5.92 Å². The molecular weight excluding hydrogens is 330 g/mol. The van der Waals surface area contributed by atoms with E-state index in [0.29, 0.717) is 5.92 Å². The van der Waals surface area contributed by atoms with Crippen LogP contribution in [0.15, 0.2) is 23.2 Å². The quantitative estimate of drug-likeness (QED) is 0.415. The normalized spacial score (nSPS) is 17.2. The molecule has 1 aliphatic heterocycles. The van der Waals surface area contributed by atoms with Gasteiger partial charge in [0.25, 0.3) is 0 Å². The van der Waals surface area contributed by atoms with Crippen LogP contribution >= 0.6 is 0 Å². The Morgan fingerprint density at radius 3 is 2.77 bits per heavy atom. The van der Waals surface area contributed by atoms with Gasteiger partial charge in [-0.05, 0) is 43.9 Å². The second kappa shape index (κ2) is 10.9. The summed E-state index contributed by atoms with van der Waals surface area (Å²) in [6, 6.07) is 6.08. The van der Waals surface area contributed by atoms with E-state index in [-0.39, 0.29) is 0 Å². The Labute approximate surface area is 157 Å². The van der Waals surface area contributed by atoms with Crippen molar-refractivity contribution >= 4 is 5.96 Å². The van der Waals surface area contributed by atoms with E-state index in [9.17, 15) is 0 Å². The zero-order valence-electron chi connectivity index (χ0n) is 16.6. The molecule has 26 heavy (non-hydrogen) atoms. The van der Waals surface area contributed by atoms with Gasteiger partial charge in [-0.15, -0.1) is 0 Å². The van der Waals surface area contributed by atoms with Crippen LogP contribution < -0.4 is 14.8 Å². The molecule has 1 atom stereocenters. The molecule has 146 valence electrons. The Balaban J connectivity index is 1.85. The highest BCUT2D eigenvalue weighted by Gasteiger charge is 2.18. The van der Waals surface area contributed by atoms with Gasteiger partial charge in [0.2, 0.25) is 0 Å². The molecule has 0 spiro atoms. The van der Waals surface area contributed by atoms with Crippen LogP contribution in [0.4, 0.5) is 0 Å². The average molecular weight is 364 g/mol. The minimum absolute atomic E-state index is 0.607. The van der Waals surface area contributed by atoms with Crippen molar-refractivity contribution in [3.8, 4) is 11.5 Å². The lowest BCUT2D eigenvalue weighted by Gasteiger charge is -2.24. The second-order valence-corrected chi connectivity index (χ2v) is 6.64. The van der Waals surface area contributed by atoms with Crippen molar-refractivity contribution in [1.82, 2.24) is 10.2 Å². The Hall–Kier alpha value is -1.95. The number of aryl methyl sites for hydroxylation is 1. The van der Waals surface area contributed by atoms with E-state index in [4.69, 9.17) is 19.2 Å². The van der Waals surface area contributed by atoms with Crippen LogP contribution in [0.2, 0.25) is 0 Å². The van der Waals surface area contributed by atoms with Gasteiger partial charge in [0.15, 0.2) is 17.5 Å². The molecule has 1 fully saturated rings. The van der Waals surface area contributed by atoms with Gasteiger partial charge in [-0.3, -0.25) is 4.99 Å². The molecule has 6 nitrogen and oxygen atoms in total. The molecule has 0 amide bonds. The minimum Gasteiger partial charge on any atom is -0.493 e. The number of methoxy groups -OCH3 is 2. The molecule has 0 aromatic heterocycles. The molecule has 2 rings (SSSR count). The van der Waals surface area contributed by atoms with E-state index >= 15 is 0 Å². The maximum absolute atomic E-state index is 5.47. The summed E-state index contributed by atoms with van der Waals surface area (Å²) in [7, 11) is 5.43. The van der Waals surface area contributed by atoms with E-state index in [2.05, 4.69) is 30.3 Å². The number of benzene rings is 1. The summed E-state index contributed by atoms with van der Waals surface area (Å²) in [4.78, 5) is 7.00. The largest absolute Gasteiger partial charge is 0.493 e. The number of guanidine groups is 1. The second-order valence-electron chi connectivity index (χ2n) is 6.64. The van der Waals surface area contributed by atoms with E-state index < -0.39 is 0 Å². The highest BCUT2D eigenvalue weighted by atomic mass is 16.5. The molecule has 1 N–H and O–H groups in total. The summed E-state index contributed by atoms with van der Waals surface area (Å²) in [6.07, 6.45) is 3.09. The van der Waals surface area contributed by atoms with Crippen LogP contribution in [-0.4, -0.2) is 65.0 Å². The molecule has 0 bridgehead atoms. The van der Waals surface area contributed by atoms with Gasteiger partial charge in [-0.1, -0.05) is 6.07 Å². The van der Waals surface area contributed by atoms with Crippen molar-refractivity contribution in [2.24, 2.45) is 10.9 Å². The molecular formula is C20H33N3O3. The van der Waals surface area contributed by atoms with Crippen molar-refractivity contribution in [1.29, 1.82) is 0 Å². The number of ether oxygens (including phenoxy) is 3. The fraction of sp³-hybridized carbons (Fsp3) is 0.650. The highest BCUT2D eigenvalue weighted by molar-refractivity contribution is 5.79. The lowest BCUT2D eigenvalue weighted by Crippen LogP contribution is -2.41. The smallest absolute Gasteiger partial charge is 0.193 e. The molecule has 1 saturated heterocycles. The third-order valence-corrected chi connectivity index (χ3v) is 4.59. The van der Waals surface area contributed by atoms with E-state index in [0.717, 1.165) is 69.6 Å². The molecule has 1 unspecified atom stereocenters. The lowest BCUT2D eigenvalue weighted by atomic mass is 10.1. The third kappa shape index (κ3) is 6.09. The highest BCUT2D eigenvalue weighted by Crippen LogP contribution is 2.27. The average Bonchev–Trinajstić information content (AvgIpc) is 3.16. The molecule has 1 aliphatic rings. The molecule has 0 aliphatic carbocycles. The molecule has 1 aromatic carbocycles. The molecule has 1 aromatic rings. The van der Waals surface area contributed by atoms with Gasteiger partial charge in [-0.25, -0.2) is 0 Å². The predicted molar refractivity (Wildman–Crippen MR) is 105 cm³/mol. The van der Waals surface area contributed by atoms with Crippen molar-refractivity contribution in [3.05, 3.63) is 23.8 Å². The first-order valence-electron chi connectivity index (χ1n) is 9.46. The summed E-state index contributed by atoms with van der Waals surface area (Å²) in [5.74, 6) is 3.13. The maximum Gasteiger partial charge on any atom is 0.193 e. The van der Waals surface area contributed by atoms with Crippen LogP contribution in [-0.2, 0) is 11.2 Å². The van der Waals surface area contributed by atoms with Gasteiger partial charge in [0.1, 0.15) is 0 Å². The Morgan fingerprint density at radius 2 is 2.12 bits per heavy atom. The first-order chi connectivity index (χ1) is 12.7. The fourth-order valence-corrected chi connectivity index (χ4v) is 3.18. The number of hydrogen-bond donors (Lipinski definition) is 1. The van der Waals surface area contributed by atoms with Crippen molar-refractivity contribution in [3.63, 3.8) is 0 Å². The number of hydrogen-bond acceptors (Lipinski definition) is 4. The predicted octanol–water partition coefficient (Wildman–Crippen LogP) is 2.57. The van der Waals surface area contributed by atoms with E-state index in [1.807, 2.05) is 12.1 Å². The third-order valence-electron chi connectivity index (χ3n) is 4.59. The number of rotatable bonds is 9. The van der Waals surface area contributed by atoms with E-state index in [1.54, 1.807) is 14.2 Å². The molecule has 6 heteroatoms. The Morgan fingerprint density at radius 1 is 1.31 bits per heavy atom. The summed E-state index contributed by atoms with van der Waals surface area (Å²) in [5.41, 5.74) is 1.24. The number of nitrogens with zero attached hydrogens (tertiary/aromatic N) is 2. The van der Waals surface area contributed by atoms with Crippen LogP contribution in [0.5, 0.6) is 11.5 Å². The Kier molecular flexibility index (Phi) is 8.54. The molecule has 0 saturated carbocycles. The lowest BCUT2D eigenvalue weighted by molar-refractivity contribution is 0.181. The van der Waals surface area contributed by atoms with Crippen LogP contribution in [0.3, 0.4) is 0 Å². The zero-order valence-corrected chi connectivity index (χ0v) is 16.6. The Bertz CT molecular complexity index is 571. The zero-order chi connectivity index (χ0) is 18.8. The van der Waals surface area contributed by atoms with Crippen molar-refractivity contribution in [2.45, 2.75) is 26.2 Å². The van der Waals surface area contributed by atoms with Gasteiger partial charge < -0.3 is 24.4 Å². The molecule has 0 radical (unpaired) electrons. The van der Waals surface area contributed by atoms with Gasteiger partial charge in [0.05, 0.1) is 20.8 Å². The first-order valence-corrected chi connectivity index (χ1v) is 9.46. The topological polar surface area (TPSA) is 55.3 Å². The van der Waals surface area contributed by atoms with Crippen LogP contribution in [0.1, 0.15) is 25.3 Å². The summed E-state index contributed by atoms with van der Waals surface area (Å²) in [5, 5.41) is 3.39. The minimum atomic E-state index is 0.607. The van der Waals surface area contributed by atoms with Crippen LogP contribution in [0.25, 0.3) is 0 Å². The van der Waals surface area contributed by atoms with E-state index in [1.165, 1.54) is 5.56 Å². The SMILES string of the molecule is CCNC(=NCCCc1ccc(OC)c(OC)c1)N(C)CC1CCOC1. The number of nitrogens with one attached hydrogen (secondary N) is 1. The maximum atomic E-state index is 5.47. The standard InChI is InChI=1S/C20H33N3O3/c1-5-21-20(23(2)14-17-10-12-26-15-17)22-11-6-7-16-8-9-18(24-3)19(13-16)25-4/h8-9,13,17H,5-7,10-12,14-15H2,1-4H3,(H,21,22). The number of aliphatic imine (C=N–C) groups is 1. The molecule has 1 heterocycles. The summed E-state index contributed by atoms with van der Waals surface area (Å²) < 4.78 is 16.1. The van der Waals surface area contributed by atoms with Gasteiger partial charge in [0, 0.05) is 39.2 Å². The first kappa shape index (κ1) is 20.4. The monoisotopic (exact) mass is 363 g/mol. The van der Waals surface area contributed by atoms with Crippen molar-refractivity contribution < 1.29 is 14.2 Å². The van der Waals surface area contributed by atoms with Gasteiger partial charge in [-0.2, -0.15) is 0 Å².